The minimum Gasteiger partial charge on any atom is -0.494 e. The molecule has 0 fully saturated rings. The Morgan fingerprint density at radius 1 is 1.00 bits per heavy atom. The van der Waals surface area contributed by atoms with Crippen LogP contribution in [-0.2, 0) is 16.3 Å². The van der Waals surface area contributed by atoms with E-state index in [1.54, 1.807) is 42.5 Å². The second kappa shape index (κ2) is 11.4. The van der Waals surface area contributed by atoms with Crippen molar-refractivity contribution in [1.29, 1.82) is 5.26 Å². The molecule has 4 aromatic rings. The number of nitrogens with zero attached hydrogens (tertiary/aromatic N) is 4. The van der Waals surface area contributed by atoms with E-state index < -0.39 is 26.2 Å². The molecule has 1 N–H and O–H groups in total. The third-order valence-corrected chi connectivity index (χ3v) is 7.90. The molecule has 0 aliphatic heterocycles. The van der Waals surface area contributed by atoms with Gasteiger partial charge in [0.25, 0.3) is 5.56 Å². The molecule has 0 saturated carbocycles. The third kappa shape index (κ3) is 5.19. The van der Waals surface area contributed by atoms with Crippen LogP contribution in [0.2, 0.25) is 0 Å². The second-order valence-electron chi connectivity index (χ2n) is 8.51. The summed E-state index contributed by atoms with van der Waals surface area (Å²) in [6.07, 6.45) is 3.22. The topological polar surface area (TPSA) is 144 Å². The van der Waals surface area contributed by atoms with Crippen molar-refractivity contribution in [1.82, 2.24) is 14.5 Å². The van der Waals surface area contributed by atoms with E-state index in [1.165, 1.54) is 32.5 Å². The fourth-order valence-corrected chi connectivity index (χ4v) is 5.47. The molecular weight excluding hydrogens is 520 g/mol. The summed E-state index contributed by atoms with van der Waals surface area (Å²) in [5, 5.41) is 19.7. The quantitative estimate of drug-likeness (QED) is 0.328. The molecule has 39 heavy (non-hydrogen) atoms. The standard InChI is InChI=1S/C28H26N4O6S/c1-4-5-9-24-31-27(33)26(28(34)32(24)25-22(37-2)7-6-8-23(25)38-3)39(35,36)21-14-11-18(12-15-21)19-10-13-20(16-29)30-17-19/h6-8,10-15,17,33H,4-5,9H2,1-3H3. The van der Waals surface area contributed by atoms with Crippen LogP contribution in [0.25, 0.3) is 16.8 Å². The average Bonchev–Trinajstić information content (AvgIpc) is 2.95. The van der Waals surface area contributed by atoms with Gasteiger partial charge in [0.15, 0.2) is 4.90 Å². The molecule has 0 bridgehead atoms. The molecule has 0 unspecified atom stereocenters. The predicted octanol–water partition coefficient (Wildman–Crippen LogP) is 4.06. The molecule has 0 radical (unpaired) electrons. The van der Waals surface area contributed by atoms with Gasteiger partial charge in [0.05, 0.1) is 19.1 Å². The zero-order chi connectivity index (χ0) is 28.2. The minimum absolute atomic E-state index is 0.171. The van der Waals surface area contributed by atoms with Crippen molar-refractivity contribution in [2.24, 2.45) is 0 Å². The lowest BCUT2D eigenvalue weighted by Gasteiger charge is -2.19. The molecule has 200 valence electrons. The van der Waals surface area contributed by atoms with E-state index in [0.717, 1.165) is 11.0 Å². The van der Waals surface area contributed by atoms with E-state index >= 15 is 0 Å². The van der Waals surface area contributed by atoms with Gasteiger partial charge >= 0.3 is 0 Å². The number of hydrogen-bond acceptors (Lipinski definition) is 9. The maximum absolute atomic E-state index is 13.9. The van der Waals surface area contributed by atoms with Gasteiger partial charge in [0.1, 0.15) is 34.8 Å². The van der Waals surface area contributed by atoms with Crippen molar-refractivity contribution in [3.05, 3.63) is 82.7 Å². The van der Waals surface area contributed by atoms with Crippen LogP contribution in [0, 0.1) is 11.3 Å². The van der Waals surface area contributed by atoms with Crippen LogP contribution in [0.3, 0.4) is 0 Å². The number of aromatic hydroxyl groups is 1. The van der Waals surface area contributed by atoms with E-state index in [-0.39, 0.29) is 33.6 Å². The Morgan fingerprint density at radius 3 is 2.18 bits per heavy atom. The molecule has 11 heteroatoms. The molecule has 0 aliphatic carbocycles. The third-order valence-electron chi connectivity index (χ3n) is 6.12. The molecule has 0 amide bonds. The maximum atomic E-state index is 13.9. The van der Waals surface area contributed by atoms with Gasteiger partial charge in [-0.25, -0.2) is 13.4 Å². The van der Waals surface area contributed by atoms with E-state index in [1.807, 2.05) is 13.0 Å². The monoisotopic (exact) mass is 546 g/mol. The van der Waals surface area contributed by atoms with Crippen LogP contribution in [0.1, 0.15) is 31.3 Å². The molecule has 4 rings (SSSR count). The summed E-state index contributed by atoms with van der Waals surface area (Å²) in [4.78, 5) is 21.0. The molecule has 2 aromatic carbocycles. The highest BCUT2D eigenvalue weighted by atomic mass is 32.2. The number of methoxy groups -OCH3 is 2. The Bertz CT molecular complexity index is 1690. The molecule has 0 saturated heterocycles. The highest BCUT2D eigenvalue weighted by Gasteiger charge is 2.31. The van der Waals surface area contributed by atoms with Gasteiger partial charge in [0, 0.05) is 18.2 Å². The summed E-state index contributed by atoms with van der Waals surface area (Å²) in [5.41, 5.74) is 0.794. The fraction of sp³-hybridized carbons (Fsp3) is 0.214. The Balaban J connectivity index is 1.90. The summed E-state index contributed by atoms with van der Waals surface area (Å²) < 4.78 is 39.5. The first-order valence-corrected chi connectivity index (χ1v) is 13.5. The molecule has 0 spiro atoms. The van der Waals surface area contributed by atoms with E-state index in [4.69, 9.17) is 14.7 Å². The van der Waals surface area contributed by atoms with Crippen molar-refractivity contribution in [3.63, 3.8) is 0 Å². The Hall–Kier alpha value is -4.69. The Morgan fingerprint density at radius 2 is 1.64 bits per heavy atom. The van der Waals surface area contributed by atoms with Crippen LogP contribution in [0.5, 0.6) is 17.4 Å². The van der Waals surface area contributed by atoms with E-state index in [0.29, 0.717) is 24.0 Å². The van der Waals surface area contributed by atoms with Gasteiger partial charge in [0.2, 0.25) is 15.7 Å². The SMILES string of the molecule is CCCCc1nc(O)c(S(=O)(=O)c2ccc(-c3ccc(C#N)nc3)cc2)c(=O)n1-c1c(OC)cccc1OC. The zero-order valence-corrected chi connectivity index (χ0v) is 22.4. The maximum Gasteiger partial charge on any atom is 0.281 e. The number of rotatable bonds is 9. The first kappa shape index (κ1) is 27.3. The number of pyridine rings is 1. The smallest absolute Gasteiger partial charge is 0.281 e. The van der Waals surface area contributed by atoms with Gasteiger partial charge in [-0.05, 0) is 48.4 Å². The summed E-state index contributed by atoms with van der Waals surface area (Å²) in [7, 11) is -1.66. The van der Waals surface area contributed by atoms with Crippen LogP contribution in [-0.4, -0.2) is 42.3 Å². The first-order chi connectivity index (χ1) is 18.8. The van der Waals surface area contributed by atoms with E-state index in [9.17, 15) is 18.3 Å². The van der Waals surface area contributed by atoms with Crippen LogP contribution in [0.4, 0.5) is 0 Å². The van der Waals surface area contributed by atoms with Crippen molar-refractivity contribution in [2.45, 2.75) is 36.0 Å². The number of aromatic nitrogens is 3. The van der Waals surface area contributed by atoms with Crippen LogP contribution < -0.4 is 15.0 Å². The van der Waals surface area contributed by atoms with Crippen LogP contribution in [0.15, 0.2) is 75.4 Å². The number of unbranched alkanes of at least 4 members (excludes halogenated alkanes) is 1. The molecule has 2 aromatic heterocycles. The van der Waals surface area contributed by atoms with Gasteiger partial charge in [-0.1, -0.05) is 31.5 Å². The summed E-state index contributed by atoms with van der Waals surface area (Å²) in [6, 6.07) is 15.9. The number of aryl methyl sites for hydroxylation is 1. The number of hydrogen-bond donors (Lipinski definition) is 1. The number of para-hydroxylation sites is 1. The first-order valence-electron chi connectivity index (χ1n) is 12.0. The summed E-state index contributed by atoms with van der Waals surface area (Å²) >= 11 is 0. The van der Waals surface area contributed by atoms with Crippen LogP contribution >= 0.6 is 0 Å². The zero-order valence-electron chi connectivity index (χ0n) is 21.6. The van der Waals surface area contributed by atoms with Gasteiger partial charge in [-0.15, -0.1) is 0 Å². The predicted molar refractivity (Wildman–Crippen MR) is 143 cm³/mol. The largest absolute Gasteiger partial charge is 0.494 e. The minimum atomic E-state index is -4.50. The fourth-order valence-electron chi connectivity index (χ4n) is 4.13. The Labute approximate surface area is 225 Å². The lowest BCUT2D eigenvalue weighted by atomic mass is 10.1. The lowest BCUT2D eigenvalue weighted by molar-refractivity contribution is 0.386. The molecule has 2 heterocycles. The number of sulfone groups is 1. The van der Waals surface area contributed by atoms with Crippen molar-refractivity contribution >= 4 is 9.84 Å². The second-order valence-corrected chi connectivity index (χ2v) is 10.4. The number of ether oxygens (including phenoxy) is 2. The molecular formula is C28H26N4O6S. The average molecular weight is 547 g/mol. The lowest BCUT2D eigenvalue weighted by Crippen LogP contribution is -2.29. The van der Waals surface area contributed by atoms with Crippen molar-refractivity contribution in [2.75, 3.05) is 14.2 Å². The van der Waals surface area contributed by atoms with Gasteiger partial charge < -0.3 is 14.6 Å². The highest BCUT2D eigenvalue weighted by molar-refractivity contribution is 7.91. The van der Waals surface area contributed by atoms with Gasteiger partial charge in [-0.3, -0.25) is 9.36 Å². The van der Waals surface area contributed by atoms with Crippen molar-refractivity contribution in [3.8, 4) is 40.3 Å². The molecule has 10 nitrogen and oxygen atoms in total. The van der Waals surface area contributed by atoms with E-state index in [2.05, 4.69) is 9.97 Å². The Kier molecular flexibility index (Phi) is 7.97. The highest BCUT2D eigenvalue weighted by Crippen LogP contribution is 2.34. The normalized spacial score (nSPS) is 11.1. The summed E-state index contributed by atoms with van der Waals surface area (Å²) in [6.45, 7) is 1.96. The molecule has 0 atom stereocenters. The van der Waals surface area contributed by atoms with Crippen molar-refractivity contribution < 1.29 is 23.0 Å². The summed E-state index contributed by atoms with van der Waals surface area (Å²) in [5.74, 6) is -0.169. The number of nitriles is 1. The number of benzene rings is 2. The molecule has 0 aliphatic rings. The van der Waals surface area contributed by atoms with Gasteiger partial charge in [-0.2, -0.15) is 10.2 Å².